The Bertz CT molecular complexity index is 444. The van der Waals surface area contributed by atoms with Gasteiger partial charge in [0.1, 0.15) is 0 Å². The van der Waals surface area contributed by atoms with Gasteiger partial charge in [-0.3, -0.25) is 9.59 Å². The first-order chi connectivity index (χ1) is 8.17. The van der Waals surface area contributed by atoms with Gasteiger partial charge in [0.25, 0.3) is 5.24 Å². The molecule has 1 aliphatic heterocycles. The SMILES string of the molecule is CC12CCC(C(=O)OCC(=O)Cl)(OC1=O)C2(C)C. The Morgan fingerprint density at radius 3 is 2.33 bits per heavy atom. The fraction of sp³-hybridized carbons (Fsp3) is 0.750. The van der Waals surface area contributed by atoms with Crippen LogP contribution in [0.25, 0.3) is 0 Å². The standard InChI is InChI=1S/C12H15ClO5/c1-10(2)11(3)4-5-12(10,18-8(11)15)9(16)17-6-7(13)14/h4-6H2,1-3H3. The lowest BCUT2D eigenvalue weighted by atomic mass is 9.66. The van der Waals surface area contributed by atoms with Gasteiger partial charge in [0.2, 0.25) is 5.60 Å². The molecule has 1 saturated heterocycles. The van der Waals surface area contributed by atoms with Crippen molar-refractivity contribution in [1.29, 1.82) is 0 Å². The average molecular weight is 275 g/mol. The molecule has 18 heavy (non-hydrogen) atoms. The van der Waals surface area contributed by atoms with Crippen molar-refractivity contribution in [3.05, 3.63) is 0 Å². The van der Waals surface area contributed by atoms with E-state index in [4.69, 9.17) is 21.1 Å². The Morgan fingerprint density at radius 1 is 1.33 bits per heavy atom. The normalized spacial score (nSPS) is 36.3. The number of carbonyl (C=O) groups excluding carboxylic acids is 3. The summed E-state index contributed by atoms with van der Waals surface area (Å²) in [6, 6.07) is 0. The van der Waals surface area contributed by atoms with Crippen molar-refractivity contribution >= 4 is 28.8 Å². The summed E-state index contributed by atoms with van der Waals surface area (Å²) in [4.78, 5) is 34.7. The smallest absolute Gasteiger partial charge is 0.351 e. The molecule has 2 fully saturated rings. The van der Waals surface area contributed by atoms with Crippen molar-refractivity contribution in [2.75, 3.05) is 6.61 Å². The Morgan fingerprint density at radius 2 is 1.94 bits per heavy atom. The maximum absolute atomic E-state index is 12.1. The van der Waals surface area contributed by atoms with Gasteiger partial charge < -0.3 is 9.47 Å². The van der Waals surface area contributed by atoms with E-state index in [9.17, 15) is 14.4 Å². The van der Waals surface area contributed by atoms with Crippen LogP contribution in [0.15, 0.2) is 0 Å². The number of rotatable bonds is 3. The highest BCUT2D eigenvalue weighted by molar-refractivity contribution is 6.64. The van der Waals surface area contributed by atoms with Crippen LogP contribution in [0.1, 0.15) is 33.6 Å². The second-order valence-electron chi connectivity index (χ2n) is 5.60. The first kappa shape index (κ1) is 13.3. The minimum absolute atomic E-state index is 0.382. The summed E-state index contributed by atoms with van der Waals surface area (Å²) in [5.41, 5.74) is -2.63. The van der Waals surface area contributed by atoms with E-state index in [1.165, 1.54) is 0 Å². The summed E-state index contributed by atoms with van der Waals surface area (Å²) in [6.07, 6.45) is 0.986. The van der Waals surface area contributed by atoms with Crippen LogP contribution in [-0.2, 0) is 23.9 Å². The first-order valence-corrected chi connectivity index (χ1v) is 6.14. The maximum atomic E-state index is 12.1. The molecule has 0 amide bonds. The molecule has 100 valence electrons. The predicted molar refractivity (Wildman–Crippen MR) is 61.8 cm³/mol. The monoisotopic (exact) mass is 274 g/mol. The summed E-state index contributed by atoms with van der Waals surface area (Å²) in [5, 5.41) is -0.761. The van der Waals surface area contributed by atoms with Crippen molar-refractivity contribution in [3.63, 3.8) is 0 Å². The van der Waals surface area contributed by atoms with E-state index in [1.54, 1.807) is 6.92 Å². The Labute approximate surface area is 110 Å². The van der Waals surface area contributed by atoms with Crippen molar-refractivity contribution in [2.24, 2.45) is 10.8 Å². The number of carbonyl (C=O) groups is 3. The summed E-state index contributed by atoms with van der Waals surface area (Å²) < 4.78 is 10.1. The van der Waals surface area contributed by atoms with Crippen molar-refractivity contribution in [1.82, 2.24) is 0 Å². The van der Waals surface area contributed by atoms with Gasteiger partial charge >= 0.3 is 11.9 Å². The van der Waals surface area contributed by atoms with Crippen LogP contribution in [0.4, 0.5) is 0 Å². The van der Waals surface area contributed by atoms with Gasteiger partial charge in [-0.25, -0.2) is 4.79 Å². The third-order valence-electron chi connectivity index (χ3n) is 4.73. The molecule has 6 heteroatoms. The number of fused-ring (bicyclic) bond motifs is 2. The summed E-state index contributed by atoms with van der Waals surface area (Å²) in [7, 11) is 0. The van der Waals surface area contributed by atoms with E-state index in [1.807, 2.05) is 13.8 Å². The van der Waals surface area contributed by atoms with E-state index in [0.29, 0.717) is 12.8 Å². The molecule has 0 radical (unpaired) electrons. The van der Waals surface area contributed by atoms with Crippen molar-refractivity contribution < 1.29 is 23.9 Å². The lowest BCUT2D eigenvalue weighted by molar-refractivity contribution is -0.183. The van der Waals surface area contributed by atoms with Gasteiger partial charge in [-0.2, -0.15) is 0 Å². The molecule has 5 nitrogen and oxygen atoms in total. The molecule has 1 saturated carbocycles. The van der Waals surface area contributed by atoms with Crippen molar-refractivity contribution in [2.45, 2.75) is 39.2 Å². The Kier molecular flexibility index (Phi) is 2.74. The third-order valence-corrected chi connectivity index (χ3v) is 4.84. The highest BCUT2D eigenvalue weighted by Gasteiger charge is 2.76. The summed E-state index contributed by atoms with van der Waals surface area (Å²) in [5.74, 6) is -1.07. The highest BCUT2D eigenvalue weighted by atomic mass is 35.5. The minimum atomic E-state index is -1.29. The fourth-order valence-electron chi connectivity index (χ4n) is 2.94. The third kappa shape index (κ3) is 1.37. The molecule has 1 aliphatic carbocycles. The van der Waals surface area contributed by atoms with Crippen LogP contribution in [0, 0.1) is 10.8 Å². The topological polar surface area (TPSA) is 69.7 Å². The van der Waals surface area contributed by atoms with E-state index < -0.39 is 34.2 Å². The Hall–Kier alpha value is -1.10. The number of hydrogen-bond acceptors (Lipinski definition) is 5. The van der Waals surface area contributed by atoms with Gasteiger partial charge in [-0.1, -0.05) is 13.8 Å². The largest absolute Gasteiger partial charge is 0.453 e. The van der Waals surface area contributed by atoms with Gasteiger partial charge in [-0.05, 0) is 31.4 Å². The molecule has 1 heterocycles. The second-order valence-corrected chi connectivity index (χ2v) is 6.03. The molecule has 0 N–H and O–H groups in total. The maximum Gasteiger partial charge on any atom is 0.351 e. The van der Waals surface area contributed by atoms with E-state index in [-0.39, 0.29) is 5.97 Å². The van der Waals surface area contributed by atoms with Gasteiger partial charge in [-0.15, -0.1) is 0 Å². The fourth-order valence-corrected chi connectivity index (χ4v) is 3.00. The van der Waals surface area contributed by atoms with E-state index in [0.717, 1.165) is 0 Å². The number of esters is 2. The van der Waals surface area contributed by atoms with Crippen LogP contribution < -0.4 is 0 Å². The molecular weight excluding hydrogens is 260 g/mol. The summed E-state index contributed by atoms with van der Waals surface area (Å²) in [6.45, 7) is 4.92. The molecule has 0 aromatic carbocycles. The molecule has 2 aliphatic rings. The molecular formula is C12H15ClO5. The van der Waals surface area contributed by atoms with Gasteiger partial charge in [0, 0.05) is 5.41 Å². The average Bonchev–Trinajstić information content (AvgIpc) is 2.56. The predicted octanol–water partition coefficient (Wildman–Crippen LogP) is 1.42. The second kappa shape index (κ2) is 3.70. The van der Waals surface area contributed by atoms with Crippen LogP contribution in [-0.4, -0.2) is 29.4 Å². The van der Waals surface area contributed by atoms with Gasteiger partial charge in [0.05, 0.1) is 5.41 Å². The van der Waals surface area contributed by atoms with Crippen LogP contribution in [0.3, 0.4) is 0 Å². The zero-order chi connectivity index (χ0) is 13.8. The molecule has 0 aromatic rings. The summed E-state index contributed by atoms with van der Waals surface area (Å²) >= 11 is 5.13. The quantitative estimate of drug-likeness (QED) is 0.575. The molecule has 2 bridgehead atoms. The zero-order valence-corrected chi connectivity index (χ0v) is 11.3. The lowest BCUT2D eigenvalue weighted by Crippen LogP contribution is -2.49. The zero-order valence-electron chi connectivity index (χ0n) is 10.5. The molecule has 2 unspecified atom stereocenters. The van der Waals surface area contributed by atoms with Gasteiger partial charge in [0.15, 0.2) is 6.61 Å². The lowest BCUT2D eigenvalue weighted by Gasteiger charge is -2.34. The van der Waals surface area contributed by atoms with E-state index >= 15 is 0 Å². The van der Waals surface area contributed by atoms with Crippen LogP contribution in [0.5, 0.6) is 0 Å². The highest BCUT2D eigenvalue weighted by Crippen LogP contribution is 2.65. The molecule has 2 rings (SSSR count). The molecule has 2 atom stereocenters. The molecule has 0 spiro atoms. The van der Waals surface area contributed by atoms with Crippen LogP contribution in [0.2, 0.25) is 0 Å². The van der Waals surface area contributed by atoms with Crippen molar-refractivity contribution in [3.8, 4) is 0 Å². The number of ether oxygens (including phenoxy) is 2. The van der Waals surface area contributed by atoms with E-state index in [2.05, 4.69) is 0 Å². The Balaban J connectivity index is 2.30. The molecule has 0 aromatic heterocycles. The first-order valence-electron chi connectivity index (χ1n) is 5.76. The minimum Gasteiger partial charge on any atom is -0.453 e. The number of hydrogen-bond donors (Lipinski definition) is 0. The van der Waals surface area contributed by atoms with Crippen LogP contribution >= 0.6 is 11.6 Å². The number of halogens is 1.